The monoisotopic (exact) mass is 392 g/mol. The molecule has 0 aromatic heterocycles. The van der Waals surface area contributed by atoms with Crippen molar-refractivity contribution in [3.63, 3.8) is 0 Å². The molecule has 0 atom stereocenters. The first-order valence-electron chi connectivity index (χ1n) is 8.99. The molecule has 0 bridgehead atoms. The topological polar surface area (TPSA) is 37.3 Å². The van der Waals surface area contributed by atoms with E-state index >= 15 is 0 Å². The summed E-state index contributed by atoms with van der Waals surface area (Å²) in [4.78, 5) is 10.3. The molecule has 2 nitrogen and oxygen atoms in total. The predicted molar refractivity (Wildman–Crippen MR) is 113 cm³/mol. The van der Waals surface area contributed by atoms with Crippen LogP contribution in [0.4, 0.5) is 0 Å². The molecule has 0 spiro atoms. The summed E-state index contributed by atoms with van der Waals surface area (Å²) in [5.41, 5.74) is 0. The van der Waals surface area contributed by atoms with Gasteiger partial charge in [0, 0.05) is 6.42 Å². The maximum atomic E-state index is 10.3. The summed E-state index contributed by atoms with van der Waals surface area (Å²) < 4.78 is 0. The molecule has 0 aliphatic rings. The molecule has 0 radical (unpaired) electrons. The van der Waals surface area contributed by atoms with Gasteiger partial charge in [0.2, 0.25) is 0 Å². The molecule has 1 N–H and O–H groups in total. The fourth-order valence-corrected chi connectivity index (χ4v) is 2.65. The number of carboxylic acids is 1. The Bertz CT molecular complexity index is 219. The third-order valence-corrected chi connectivity index (χ3v) is 3.99. The molecular formula is C18H42AlCaClO2. The number of carbonyl (C=O) groups is 1. The van der Waals surface area contributed by atoms with Crippen molar-refractivity contribution in [1.29, 1.82) is 0 Å². The number of hydrogen-bond donors (Lipinski definition) is 1. The van der Waals surface area contributed by atoms with Gasteiger partial charge in [-0.05, 0) is 6.42 Å². The number of hydrogen-bond acceptors (Lipinski definition) is 1. The molecule has 0 aliphatic carbocycles. The van der Waals surface area contributed by atoms with E-state index in [9.17, 15) is 4.79 Å². The minimum atomic E-state index is -0.653. The summed E-state index contributed by atoms with van der Waals surface area (Å²) in [5, 5.41) is 8.52. The molecule has 138 valence electrons. The van der Waals surface area contributed by atoms with Crippen LogP contribution in [0.2, 0.25) is 0 Å². The van der Waals surface area contributed by atoms with Crippen molar-refractivity contribution in [2.24, 2.45) is 0 Å². The maximum absolute atomic E-state index is 10.3. The van der Waals surface area contributed by atoms with Gasteiger partial charge in [-0.2, -0.15) is 0 Å². The van der Waals surface area contributed by atoms with E-state index in [0.717, 1.165) is 12.8 Å². The van der Waals surface area contributed by atoms with Crippen LogP contribution in [0.15, 0.2) is 0 Å². The molecule has 5 heteroatoms. The second-order valence-electron chi connectivity index (χ2n) is 6.09. The van der Waals surface area contributed by atoms with E-state index < -0.39 is 5.97 Å². The van der Waals surface area contributed by atoms with Gasteiger partial charge in [0.1, 0.15) is 0 Å². The molecule has 0 rings (SSSR count). The number of unbranched alkanes of at least 4 members (excludes halogenated alkanes) is 14. The van der Waals surface area contributed by atoms with E-state index in [4.69, 9.17) is 5.11 Å². The van der Waals surface area contributed by atoms with E-state index in [1.54, 1.807) is 0 Å². The number of halogens is 1. The zero-order chi connectivity index (χ0) is 14.9. The summed E-state index contributed by atoms with van der Waals surface area (Å²) in [6.45, 7) is 2.27. The molecule has 0 aromatic rings. The van der Waals surface area contributed by atoms with Gasteiger partial charge in [-0.1, -0.05) is 96.8 Å². The Labute approximate surface area is 191 Å². The minimum absolute atomic E-state index is 0. The van der Waals surface area contributed by atoms with Crippen LogP contribution >= 0.6 is 12.4 Å². The molecule has 0 amide bonds. The molecular weight excluding hydrogens is 351 g/mol. The van der Waals surface area contributed by atoms with Gasteiger partial charge in [0.05, 0.1) is 0 Å². The van der Waals surface area contributed by atoms with Crippen molar-refractivity contribution in [1.82, 2.24) is 0 Å². The van der Waals surface area contributed by atoms with Crippen molar-refractivity contribution in [3.05, 3.63) is 0 Å². The normalized spacial score (nSPS) is 9.43. The van der Waals surface area contributed by atoms with Crippen LogP contribution in [-0.4, -0.2) is 66.2 Å². The Balaban J connectivity index is -0.000000602. The van der Waals surface area contributed by atoms with Crippen LogP contribution in [0.3, 0.4) is 0 Å². The zero-order valence-corrected chi connectivity index (χ0v) is 14.9. The van der Waals surface area contributed by atoms with Crippen LogP contribution in [0.1, 0.15) is 110 Å². The Morgan fingerprint density at radius 1 is 0.652 bits per heavy atom. The van der Waals surface area contributed by atoms with Crippen LogP contribution in [-0.2, 0) is 4.79 Å². The third kappa shape index (κ3) is 31.8. The summed E-state index contributed by atoms with van der Waals surface area (Å²) >= 11 is 0. The van der Waals surface area contributed by atoms with E-state index in [1.165, 1.54) is 83.5 Å². The van der Waals surface area contributed by atoms with E-state index in [2.05, 4.69) is 6.92 Å². The van der Waals surface area contributed by atoms with Crippen molar-refractivity contribution in [3.8, 4) is 0 Å². The average Bonchev–Trinajstić information content (AvgIpc) is 2.43. The fourth-order valence-electron chi connectivity index (χ4n) is 2.65. The first kappa shape index (κ1) is 32.2. The zero-order valence-electron chi connectivity index (χ0n) is 14.1. The van der Waals surface area contributed by atoms with Crippen LogP contribution in [0.25, 0.3) is 0 Å². The predicted octanol–water partition coefficient (Wildman–Crippen LogP) is 4.65. The van der Waals surface area contributed by atoms with Gasteiger partial charge in [0.25, 0.3) is 0 Å². The van der Waals surface area contributed by atoms with Crippen LogP contribution in [0, 0.1) is 0 Å². The van der Waals surface area contributed by atoms with E-state index in [-0.39, 0.29) is 67.5 Å². The van der Waals surface area contributed by atoms with Crippen molar-refractivity contribution < 1.29 is 9.90 Å². The van der Waals surface area contributed by atoms with Crippen molar-refractivity contribution >= 4 is 73.5 Å². The average molecular weight is 393 g/mol. The third-order valence-electron chi connectivity index (χ3n) is 3.99. The van der Waals surface area contributed by atoms with Crippen LogP contribution < -0.4 is 0 Å². The second kappa shape index (κ2) is 28.4. The number of carboxylic acid groups (broad SMARTS) is 1. The Morgan fingerprint density at radius 2 is 0.913 bits per heavy atom. The molecule has 23 heavy (non-hydrogen) atoms. The summed E-state index contributed by atoms with van der Waals surface area (Å²) in [6, 6.07) is 0. The molecule has 0 heterocycles. The summed E-state index contributed by atoms with van der Waals surface area (Å²) in [7, 11) is 0. The quantitative estimate of drug-likeness (QED) is 0.306. The summed E-state index contributed by atoms with van der Waals surface area (Å²) in [6.07, 6.45) is 20.2. The Hall–Kier alpha value is 1.55. The molecule has 0 aromatic carbocycles. The molecule has 0 aliphatic heterocycles. The van der Waals surface area contributed by atoms with Crippen molar-refractivity contribution in [2.75, 3.05) is 0 Å². The SMILES string of the molecule is CCCCCCCCCCCCCCCCCC(=O)O.Cl.[AlH3].[CaH2]. The Morgan fingerprint density at radius 3 is 1.17 bits per heavy atom. The number of aliphatic carboxylic acids is 1. The summed E-state index contributed by atoms with van der Waals surface area (Å²) in [5.74, 6) is -0.653. The molecule has 0 saturated carbocycles. The Kier molecular flexibility index (Phi) is 39.8. The van der Waals surface area contributed by atoms with E-state index in [0.29, 0.717) is 6.42 Å². The fraction of sp³-hybridized carbons (Fsp3) is 0.944. The van der Waals surface area contributed by atoms with Crippen molar-refractivity contribution in [2.45, 2.75) is 110 Å². The molecule has 0 unspecified atom stereocenters. The van der Waals surface area contributed by atoms with Gasteiger partial charge in [-0.15, -0.1) is 12.4 Å². The van der Waals surface area contributed by atoms with Crippen LogP contribution in [0.5, 0.6) is 0 Å². The van der Waals surface area contributed by atoms with Gasteiger partial charge in [-0.25, -0.2) is 0 Å². The van der Waals surface area contributed by atoms with E-state index in [1.807, 2.05) is 0 Å². The van der Waals surface area contributed by atoms with Gasteiger partial charge < -0.3 is 5.11 Å². The first-order chi connectivity index (χ1) is 9.77. The number of rotatable bonds is 16. The first-order valence-corrected chi connectivity index (χ1v) is 8.99. The molecule has 0 saturated heterocycles. The molecule has 0 fully saturated rings. The van der Waals surface area contributed by atoms with Gasteiger partial charge in [0.15, 0.2) is 17.4 Å². The van der Waals surface area contributed by atoms with Gasteiger partial charge in [-0.3, -0.25) is 4.79 Å². The standard InChI is InChI=1S/C18H36O2.Al.Ca.ClH.5H/c1-2-3-4-5-6-7-8-9-10-11-12-13-14-15-16-17-18(19)20;;;;;;;;/h2-17H2,1H3,(H,19,20);;;1H;;;;;. The van der Waals surface area contributed by atoms with Gasteiger partial charge >= 0.3 is 43.7 Å². The second-order valence-corrected chi connectivity index (χ2v) is 6.09.